The van der Waals surface area contributed by atoms with Crippen LogP contribution in [0.15, 0.2) is 53.5 Å². The van der Waals surface area contributed by atoms with Gasteiger partial charge in [-0.3, -0.25) is 9.79 Å². The quantitative estimate of drug-likeness (QED) is 0.165. The van der Waals surface area contributed by atoms with Gasteiger partial charge in [-0.15, -0.1) is 24.0 Å². The van der Waals surface area contributed by atoms with Crippen LogP contribution in [0.3, 0.4) is 0 Å². The summed E-state index contributed by atoms with van der Waals surface area (Å²) in [6, 6.07) is 11.4. The lowest BCUT2D eigenvalue weighted by molar-refractivity contribution is -0.138. The van der Waals surface area contributed by atoms with E-state index in [0.29, 0.717) is 37.1 Å². The highest BCUT2D eigenvalue weighted by molar-refractivity contribution is 14.0. The third-order valence-electron chi connectivity index (χ3n) is 4.01. The molecule has 0 fully saturated rings. The van der Waals surface area contributed by atoms with Gasteiger partial charge in [0.05, 0.1) is 5.56 Å². The van der Waals surface area contributed by atoms with Gasteiger partial charge in [0, 0.05) is 32.2 Å². The number of rotatable bonds is 7. The van der Waals surface area contributed by atoms with Gasteiger partial charge in [0.25, 0.3) is 5.91 Å². The number of halogens is 5. The fourth-order valence-corrected chi connectivity index (χ4v) is 2.55. The second kappa shape index (κ2) is 12.4. The van der Waals surface area contributed by atoms with E-state index in [1.54, 1.807) is 24.3 Å². The molecule has 1 amide bonds. The summed E-state index contributed by atoms with van der Waals surface area (Å²) in [6.07, 6.45) is -4.06. The summed E-state index contributed by atoms with van der Waals surface area (Å²) in [5.74, 6) is -0.818. The van der Waals surface area contributed by atoms with Crippen molar-refractivity contribution < 1.29 is 22.4 Å². The second-order valence-corrected chi connectivity index (χ2v) is 6.13. The molecular formula is C20H23F4IN4O. The number of aliphatic imine (C=N–C) groups is 1. The Kier molecular flexibility index (Phi) is 10.6. The van der Waals surface area contributed by atoms with Gasteiger partial charge in [0.2, 0.25) is 0 Å². The minimum atomic E-state index is -4.65. The van der Waals surface area contributed by atoms with E-state index in [0.717, 1.165) is 12.1 Å². The highest BCUT2D eigenvalue weighted by Gasteiger charge is 2.33. The molecule has 2 aromatic carbocycles. The molecule has 10 heteroatoms. The maximum Gasteiger partial charge on any atom is 0.416 e. The van der Waals surface area contributed by atoms with Crippen molar-refractivity contribution in [3.63, 3.8) is 0 Å². The van der Waals surface area contributed by atoms with Crippen LogP contribution in [-0.2, 0) is 12.7 Å². The maximum atomic E-state index is 13.2. The molecule has 3 N–H and O–H groups in total. The fraction of sp³-hybridized carbons (Fsp3) is 0.300. The lowest BCUT2D eigenvalue weighted by Gasteiger charge is -2.16. The molecule has 0 saturated heterocycles. The molecule has 30 heavy (non-hydrogen) atoms. The van der Waals surface area contributed by atoms with Gasteiger partial charge >= 0.3 is 6.18 Å². The van der Waals surface area contributed by atoms with E-state index in [2.05, 4.69) is 20.9 Å². The Morgan fingerprint density at radius 1 is 1.00 bits per heavy atom. The Balaban J connectivity index is 0.00000450. The first kappa shape index (κ1) is 25.7. The molecule has 0 aliphatic rings. The van der Waals surface area contributed by atoms with Crippen molar-refractivity contribution in [3.8, 4) is 0 Å². The summed E-state index contributed by atoms with van der Waals surface area (Å²) >= 11 is 0. The number of benzene rings is 2. The molecule has 0 unspecified atom stereocenters. The van der Waals surface area contributed by atoms with Gasteiger partial charge in [-0.25, -0.2) is 4.39 Å². The average Bonchev–Trinajstić information content (AvgIpc) is 2.70. The molecule has 2 rings (SSSR count). The van der Waals surface area contributed by atoms with Crippen LogP contribution in [0.1, 0.15) is 27.9 Å². The SMILES string of the molecule is CN=C(NCCCNC(=O)c1ccccc1)NCc1ccc(F)cc1C(F)(F)F.I. The Bertz CT molecular complexity index is 844. The monoisotopic (exact) mass is 538 g/mol. The molecule has 0 bridgehead atoms. The van der Waals surface area contributed by atoms with Crippen molar-refractivity contribution in [2.75, 3.05) is 20.1 Å². The van der Waals surface area contributed by atoms with Crippen molar-refractivity contribution >= 4 is 35.8 Å². The molecule has 0 radical (unpaired) electrons. The normalized spacial score (nSPS) is 11.4. The summed E-state index contributed by atoms with van der Waals surface area (Å²) in [7, 11) is 1.49. The highest BCUT2D eigenvalue weighted by atomic mass is 127. The Labute approximate surface area is 189 Å². The molecule has 2 aromatic rings. The third kappa shape index (κ3) is 8.17. The number of nitrogens with zero attached hydrogens (tertiary/aromatic N) is 1. The summed E-state index contributed by atoms with van der Waals surface area (Å²) in [4.78, 5) is 15.9. The van der Waals surface area contributed by atoms with E-state index in [-0.39, 0.29) is 42.0 Å². The zero-order valence-corrected chi connectivity index (χ0v) is 18.6. The summed E-state index contributed by atoms with van der Waals surface area (Å²) < 4.78 is 52.3. The van der Waals surface area contributed by atoms with Crippen LogP contribution in [0.25, 0.3) is 0 Å². The third-order valence-corrected chi connectivity index (χ3v) is 4.01. The maximum absolute atomic E-state index is 13.2. The molecule has 0 spiro atoms. The van der Waals surface area contributed by atoms with Crippen LogP contribution in [0.2, 0.25) is 0 Å². The minimum absolute atomic E-state index is 0. The molecule has 5 nitrogen and oxygen atoms in total. The van der Waals surface area contributed by atoms with Gasteiger partial charge in [0.15, 0.2) is 5.96 Å². The van der Waals surface area contributed by atoms with Crippen LogP contribution in [0, 0.1) is 5.82 Å². The summed E-state index contributed by atoms with van der Waals surface area (Å²) in [5, 5.41) is 8.51. The van der Waals surface area contributed by atoms with Crippen LogP contribution < -0.4 is 16.0 Å². The van der Waals surface area contributed by atoms with E-state index >= 15 is 0 Å². The lowest BCUT2D eigenvalue weighted by atomic mass is 10.1. The largest absolute Gasteiger partial charge is 0.416 e. The standard InChI is InChI=1S/C20H22F4N4O.HI/c1-25-19(27-11-5-10-26-18(29)14-6-3-2-4-7-14)28-13-15-8-9-16(21)12-17(15)20(22,23)24;/h2-4,6-9,12H,5,10-11,13H2,1H3,(H,26,29)(H2,25,27,28);1H. The zero-order chi connectivity index (χ0) is 21.3. The molecule has 0 atom stereocenters. The van der Waals surface area contributed by atoms with E-state index in [1.165, 1.54) is 7.05 Å². The first-order chi connectivity index (χ1) is 13.8. The number of hydrogen-bond acceptors (Lipinski definition) is 2. The number of carbonyl (C=O) groups is 1. The van der Waals surface area contributed by atoms with Crippen molar-refractivity contribution in [2.45, 2.75) is 19.1 Å². The Morgan fingerprint density at radius 2 is 1.67 bits per heavy atom. The van der Waals surface area contributed by atoms with Gasteiger partial charge in [-0.1, -0.05) is 24.3 Å². The minimum Gasteiger partial charge on any atom is -0.356 e. The predicted molar refractivity (Wildman–Crippen MR) is 118 cm³/mol. The molecule has 0 aromatic heterocycles. The first-order valence-electron chi connectivity index (χ1n) is 8.94. The predicted octanol–water partition coefficient (Wildman–Crippen LogP) is 3.95. The molecule has 0 aliphatic carbocycles. The molecule has 164 valence electrons. The highest BCUT2D eigenvalue weighted by Crippen LogP contribution is 2.32. The summed E-state index contributed by atoms with van der Waals surface area (Å²) in [6.45, 7) is 0.706. The number of nitrogens with one attached hydrogen (secondary N) is 3. The van der Waals surface area contributed by atoms with Gasteiger partial charge in [-0.05, 0) is 36.2 Å². The number of carbonyl (C=O) groups excluding carboxylic acids is 1. The zero-order valence-electron chi connectivity index (χ0n) is 16.2. The van der Waals surface area contributed by atoms with Gasteiger partial charge in [-0.2, -0.15) is 13.2 Å². The fourth-order valence-electron chi connectivity index (χ4n) is 2.55. The van der Waals surface area contributed by atoms with Crippen molar-refractivity contribution in [3.05, 3.63) is 71.0 Å². The number of hydrogen-bond donors (Lipinski definition) is 3. The van der Waals surface area contributed by atoms with Gasteiger partial charge in [0.1, 0.15) is 5.82 Å². The van der Waals surface area contributed by atoms with E-state index in [9.17, 15) is 22.4 Å². The van der Waals surface area contributed by atoms with Crippen LogP contribution in [0.4, 0.5) is 17.6 Å². The van der Waals surface area contributed by atoms with E-state index in [1.807, 2.05) is 6.07 Å². The smallest absolute Gasteiger partial charge is 0.356 e. The number of guanidine groups is 1. The van der Waals surface area contributed by atoms with Crippen molar-refractivity contribution in [1.29, 1.82) is 0 Å². The first-order valence-corrected chi connectivity index (χ1v) is 8.94. The lowest BCUT2D eigenvalue weighted by Crippen LogP contribution is -2.38. The van der Waals surface area contributed by atoms with E-state index < -0.39 is 17.6 Å². The molecular weight excluding hydrogens is 515 g/mol. The molecule has 0 heterocycles. The second-order valence-electron chi connectivity index (χ2n) is 6.13. The Hall–Kier alpha value is -2.37. The van der Waals surface area contributed by atoms with Crippen LogP contribution in [0.5, 0.6) is 0 Å². The van der Waals surface area contributed by atoms with Crippen molar-refractivity contribution in [2.24, 2.45) is 4.99 Å². The van der Waals surface area contributed by atoms with E-state index in [4.69, 9.17) is 0 Å². The number of amides is 1. The van der Waals surface area contributed by atoms with Crippen LogP contribution >= 0.6 is 24.0 Å². The summed E-state index contributed by atoms with van der Waals surface area (Å²) in [5.41, 5.74) is -0.543. The van der Waals surface area contributed by atoms with Gasteiger partial charge < -0.3 is 16.0 Å². The Morgan fingerprint density at radius 3 is 2.30 bits per heavy atom. The van der Waals surface area contributed by atoms with Crippen molar-refractivity contribution in [1.82, 2.24) is 16.0 Å². The average molecular weight is 538 g/mol. The topological polar surface area (TPSA) is 65.5 Å². The van der Waals surface area contributed by atoms with Crippen LogP contribution in [-0.4, -0.2) is 32.0 Å². The molecule has 0 aliphatic heterocycles. The molecule has 0 saturated carbocycles. The number of alkyl halides is 3.